The summed E-state index contributed by atoms with van der Waals surface area (Å²) in [6, 6.07) is 15.4. The Morgan fingerprint density at radius 3 is 2.00 bits per heavy atom. The number of ether oxygens (including phenoxy) is 2. The van der Waals surface area contributed by atoms with Gasteiger partial charge in [0.1, 0.15) is 11.5 Å². The van der Waals surface area contributed by atoms with Gasteiger partial charge in [-0.2, -0.15) is 0 Å². The summed E-state index contributed by atoms with van der Waals surface area (Å²) in [5.74, 6) is 0.447. The zero-order chi connectivity index (χ0) is 17.4. The predicted octanol–water partition coefficient (Wildman–Crippen LogP) is 4.77. The van der Waals surface area contributed by atoms with Gasteiger partial charge >= 0.3 is 5.97 Å². The highest BCUT2D eigenvalue weighted by Gasteiger charge is 2.12. The first-order valence-electron chi connectivity index (χ1n) is 8.33. The van der Waals surface area contributed by atoms with E-state index in [4.69, 9.17) is 14.6 Å². The Hall–Kier alpha value is -2.49. The number of benzene rings is 2. The van der Waals surface area contributed by atoms with E-state index in [1.807, 2.05) is 36.4 Å². The van der Waals surface area contributed by atoms with Crippen LogP contribution < -0.4 is 9.47 Å². The van der Waals surface area contributed by atoms with Crippen molar-refractivity contribution in [2.45, 2.75) is 39.2 Å². The molecule has 2 aromatic rings. The summed E-state index contributed by atoms with van der Waals surface area (Å²) in [4.78, 5) is 10.8. The van der Waals surface area contributed by atoms with Crippen LogP contribution >= 0.6 is 0 Å². The SMILES string of the molecule is CCCCCOc1ccc(-c2ccc(O[C@H](C)C(=O)O)cc2)cc1. The first-order chi connectivity index (χ1) is 11.6. The highest BCUT2D eigenvalue weighted by Crippen LogP contribution is 2.25. The van der Waals surface area contributed by atoms with Gasteiger partial charge in [-0.1, -0.05) is 44.0 Å². The van der Waals surface area contributed by atoms with Gasteiger partial charge in [0, 0.05) is 0 Å². The number of unbranched alkanes of at least 4 members (excludes halogenated alkanes) is 2. The van der Waals surface area contributed by atoms with Gasteiger partial charge in [-0.25, -0.2) is 4.79 Å². The summed E-state index contributed by atoms with van der Waals surface area (Å²) in [5.41, 5.74) is 2.12. The molecule has 4 nitrogen and oxygen atoms in total. The first kappa shape index (κ1) is 17.9. The van der Waals surface area contributed by atoms with Crippen molar-refractivity contribution in [1.82, 2.24) is 0 Å². The summed E-state index contributed by atoms with van der Waals surface area (Å²) in [7, 11) is 0. The second-order valence-corrected chi connectivity index (χ2v) is 5.70. The summed E-state index contributed by atoms with van der Waals surface area (Å²) in [6.07, 6.45) is 2.59. The van der Waals surface area contributed by atoms with Crippen molar-refractivity contribution >= 4 is 5.97 Å². The molecule has 1 atom stereocenters. The smallest absolute Gasteiger partial charge is 0.344 e. The van der Waals surface area contributed by atoms with Crippen molar-refractivity contribution < 1.29 is 19.4 Å². The Morgan fingerprint density at radius 2 is 1.50 bits per heavy atom. The molecule has 4 heteroatoms. The van der Waals surface area contributed by atoms with Gasteiger partial charge < -0.3 is 14.6 Å². The van der Waals surface area contributed by atoms with Gasteiger partial charge in [-0.05, 0) is 48.7 Å². The van der Waals surface area contributed by atoms with E-state index in [9.17, 15) is 4.79 Å². The molecule has 0 aromatic heterocycles. The maximum absolute atomic E-state index is 10.8. The molecule has 128 valence electrons. The number of rotatable bonds is 9. The molecule has 0 spiro atoms. The highest BCUT2D eigenvalue weighted by atomic mass is 16.5. The van der Waals surface area contributed by atoms with Gasteiger partial charge in [0.25, 0.3) is 0 Å². The molecule has 0 radical (unpaired) electrons. The largest absolute Gasteiger partial charge is 0.494 e. The zero-order valence-corrected chi connectivity index (χ0v) is 14.2. The molecule has 0 aliphatic carbocycles. The highest BCUT2D eigenvalue weighted by molar-refractivity contribution is 5.72. The number of carboxylic acids is 1. The minimum Gasteiger partial charge on any atom is -0.494 e. The van der Waals surface area contributed by atoms with Crippen molar-refractivity contribution in [3.63, 3.8) is 0 Å². The first-order valence-corrected chi connectivity index (χ1v) is 8.33. The van der Waals surface area contributed by atoms with E-state index in [-0.39, 0.29) is 0 Å². The molecule has 0 unspecified atom stereocenters. The van der Waals surface area contributed by atoms with Crippen LogP contribution in [0, 0.1) is 0 Å². The Morgan fingerprint density at radius 1 is 0.958 bits per heavy atom. The van der Waals surface area contributed by atoms with Crippen LogP contribution in [0.3, 0.4) is 0 Å². The number of hydrogen-bond acceptors (Lipinski definition) is 3. The molecule has 0 aliphatic rings. The third-order valence-electron chi connectivity index (χ3n) is 3.72. The molecule has 0 heterocycles. The van der Waals surface area contributed by atoms with Gasteiger partial charge in [0.05, 0.1) is 6.61 Å². The quantitative estimate of drug-likeness (QED) is 0.673. The zero-order valence-electron chi connectivity index (χ0n) is 14.2. The van der Waals surface area contributed by atoms with Crippen molar-refractivity contribution in [3.05, 3.63) is 48.5 Å². The molecule has 2 rings (SSSR count). The Kier molecular flexibility index (Phi) is 6.67. The molecule has 24 heavy (non-hydrogen) atoms. The van der Waals surface area contributed by atoms with E-state index in [2.05, 4.69) is 6.92 Å². The van der Waals surface area contributed by atoms with Crippen LogP contribution in [-0.4, -0.2) is 23.8 Å². The Labute approximate surface area is 143 Å². The van der Waals surface area contributed by atoms with Crippen LogP contribution in [0.5, 0.6) is 11.5 Å². The maximum Gasteiger partial charge on any atom is 0.344 e. The van der Waals surface area contributed by atoms with E-state index in [0.717, 1.165) is 29.9 Å². The van der Waals surface area contributed by atoms with Gasteiger partial charge in [0.2, 0.25) is 0 Å². The van der Waals surface area contributed by atoms with Crippen LogP contribution in [-0.2, 0) is 4.79 Å². The predicted molar refractivity (Wildman–Crippen MR) is 94.6 cm³/mol. The normalized spacial score (nSPS) is 11.8. The Balaban J connectivity index is 1.95. The molecule has 0 fully saturated rings. The fourth-order valence-corrected chi connectivity index (χ4v) is 2.27. The molecule has 0 bridgehead atoms. The van der Waals surface area contributed by atoms with Crippen LogP contribution in [0.2, 0.25) is 0 Å². The summed E-state index contributed by atoms with van der Waals surface area (Å²) in [6.45, 7) is 4.43. The number of hydrogen-bond donors (Lipinski definition) is 1. The van der Waals surface area contributed by atoms with Crippen molar-refractivity contribution in [2.24, 2.45) is 0 Å². The fraction of sp³-hybridized carbons (Fsp3) is 0.350. The second-order valence-electron chi connectivity index (χ2n) is 5.70. The van der Waals surface area contributed by atoms with Crippen LogP contribution in [0.15, 0.2) is 48.5 Å². The van der Waals surface area contributed by atoms with Gasteiger partial charge in [-0.15, -0.1) is 0 Å². The van der Waals surface area contributed by atoms with E-state index >= 15 is 0 Å². The maximum atomic E-state index is 10.8. The molecule has 1 N–H and O–H groups in total. The molecule has 0 saturated carbocycles. The average Bonchev–Trinajstić information content (AvgIpc) is 2.60. The number of carboxylic acid groups (broad SMARTS) is 1. The molecule has 2 aromatic carbocycles. The molecular formula is C20H24O4. The topological polar surface area (TPSA) is 55.8 Å². The van der Waals surface area contributed by atoms with Gasteiger partial charge in [-0.3, -0.25) is 0 Å². The lowest BCUT2D eigenvalue weighted by molar-refractivity contribution is -0.144. The molecular weight excluding hydrogens is 304 g/mol. The standard InChI is InChI=1S/C20H24O4/c1-3-4-5-14-23-18-10-6-16(7-11-18)17-8-12-19(13-9-17)24-15(2)20(21)22/h6-13,15H,3-5,14H2,1-2H3,(H,21,22)/t15-/m1/s1. The van der Waals surface area contributed by atoms with Crippen LogP contribution in [0.1, 0.15) is 33.1 Å². The van der Waals surface area contributed by atoms with Crippen molar-refractivity contribution in [2.75, 3.05) is 6.61 Å². The van der Waals surface area contributed by atoms with E-state index in [0.29, 0.717) is 5.75 Å². The van der Waals surface area contributed by atoms with E-state index in [1.54, 1.807) is 12.1 Å². The average molecular weight is 328 g/mol. The summed E-state index contributed by atoms with van der Waals surface area (Å²) < 4.78 is 11.0. The third kappa shape index (κ3) is 5.30. The fourth-order valence-electron chi connectivity index (χ4n) is 2.27. The minimum atomic E-state index is -0.978. The Bertz CT molecular complexity index is 632. The number of carbonyl (C=O) groups is 1. The lowest BCUT2D eigenvalue weighted by Gasteiger charge is -2.11. The van der Waals surface area contributed by atoms with E-state index in [1.165, 1.54) is 19.8 Å². The monoisotopic (exact) mass is 328 g/mol. The molecule has 0 saturated heterocycles. The van der Waals surface area contributed by atoms with E-state index < -0.39 is 12.1 Å². The lowest BCUT2D eigenvalue weighted by Crippen LogP contribution is -2.22. The van der Waals surface area contributed by atoms with Gasteiger partial charge in [0.15, 0.2) is 6.10 Å². The van der Waals surface area contributed by atoms with Crippen molar-refractivity contribution in [3.8, 4) is 22.6 Å². The number of aliphatic carboxylic acids is 1. The third-order valence-corrected chi connectivity index (χ3v) is 3.72. The van der Waals surface area contributed by atoms with Crippen molar-refractivity contribution in [1.29, 1.82) is 0 Å². The summed E-state index contributed by atoms with van der Waals surface area (Å²) in [5, 5.41) is 8.86. The minimum absolute atomic E-state index is 0.546. The second kappa shape index (κ2) is 8.96. The summed E-state index contributed by atoms with van der Waals surface area (Å²) >= 11 is 0. The lowest BCUT2D eigenvalue weighted by atomic mass is 10.1. The van der Waals surface area contributed by atoms with Crippen LogP contribution in [0.4, 0.5) is 0 Å². The molecule has 0 aliphatic heterocycles. The molecule has 0 amide bonds. The van der Waals surface area contributed by atoms with Crippen LogP contribution in [0.25, 0.3) is 11.1 Å².